The smallest absolute Gasteiger partial charge is 0.258 e. The van der Waals surface area contributed by atoms with E-state index in [0.717, 1.165) is 42.8 Å². The summed E-state index contributed by atoms with van der Waals surface area (Å²) in [7, 11) is 0. The van der Waals surface area contributed by atoms with Gasteiger partial charge in [0.2, 0.25) is 0 Å². The van der Waals surface area contributed by atoms with Gasteiger partial charge in [0.05, 0.1) is 5.69 Å². The predicted molar refractivity (Wildman–Crippen MR) is 111 cm³/mol. The molecular weight excluding hydrogens is 378 g/mol. The highest BCUT2D eigenvalue weighted by Crippen LogP contribution is 2.32. The van der Waals surface area contributed by atoms with Crippen LogP contribution in [0.3, 0.4) is 0 Å². The van der Waals surface area contributed by atoms with Crippen molar-refractivity contribution >= 4 is 34.5 Å². The maximum Gasteiger partial charge on any atom is 0.258 e. The zero-order chi connectivity index (χ0) is 18.6. The van der Waals surface area contributed by atoms with Gasteiger partial charge in [-0.05, 0) is 61.0 Å². The zero-order valence-electron chi connectivity index (χ0n) is 14.9. The third-order valence-electron chi connectivity index (χ3n) is 4.75. The van der Waals surface area contributed by atoms with Crippen LogP contribution in [0.1, 0.15) is 33.6 Å². The van der Waals surface area contributed by atoms with Crippen LogP contribution < -0.4 is 9.64 Å². The number of halogens is 1. The second kappa shape index (κ2) is 8.15. The number of ether oxygens (including phenoxy) is 1. The molecule has 1 aromatic heterocycles. The summed E-state index contributed by atoms with van der Waals surface area (Å²) in [6.07, 6.45) is 3.23. The van der Waals surface area contributed by atoms with E-state index >= 15 is 0 Å². The molecule has 0 fully saturated rings. The Morgan fingerprint density at radius 3 is 2.70 bits per heavy atom. The van der Waals surface area contributed by atoms with Crippen LogP contribution in [-0.4, -0.2) is 12.5 Å². The highest BCUT2D eigenvalue weighted by atomic mass is 35.5. The van der Waals surface area contributed by atoms with E-state index in [-0.39, 0.29) is 5.91 Å². The molecule has 0 aliphatic carbocycles. The van der Waals surface area contributed by atoms with Gasteiger partial charge in [0, 0.05) is 27.6 Å². The van der Waals surface area contributed by atoms with Gasteiger partial charge in [0.1, 0.15) is 12.4 Å². The third-order valence-corrected chi connectivity index (χ3v) is 6.09. The average Bonchev–Trinajstić information content (AvgIpc) is 3.07. The van der Waals surface area contributed by atoms with Crippen LogP contribution in [0.25, 0.3) is 0 Å². The number of benzene rings is 2. The second-order valence-electron chi connectivity index (χ2n) is 6.55. The fourth-order valence-electron chi connectivity index (χ4n) is 3.27. The molecule has 0 saturated heterocycles. The van der Waals surface area contributed by atoms with E-state index in [9.17, 15) is 4.79 Å². The van der Waals surface area contributed by atoms with Gasteiger partial charge in [0.25, 0.3) is 5.91 Å². The van der Waals surface area contributed by atoms with Crippen molar-refractivity contribution in [2.45, 2.75) is 25.9 Å². The number of amides is 1. The second-order valence-corrected chi connectivity index (χ2v) is 7.96. The van der Waals surface area contributed by atoms with Gasteiger partial charge in [-0.3, -0.25) is 4.79 Å². The molecule has 0 N–H and O–H groups in total. The molecule has 1 amide bonds. The molecule has 0 radical (unpaired) electrons. The minimum atomic E-state index is 0.0502. The van der Waals surface area contributed by atoms with Gasteiger partial charge < -0.3 is 9.64 Å². The quantitative estimate of drug-likeness (QED) is 0.543. The predicted octanol–water partition coefficient (Wildman–Crippen LogP) is 5.96. The lowest BCUT2D eigenvalue weighted by Crippen LogP contribution is -2.31. The lowest BCUT2D eigenvalue weighted by atomic mass is 10.1. The Kier molecular flexibility index (Phi) is 5.46. The molecule has 4 rings (SSSR count). The number of rotatable bonds is 4. The third kappa shape index (κ3) is 4.02. The Hall–Kier alpha value is -2.30. The number of carbonyl (C=O) groups is 1. The Bertz CT molecular complexity index is 935. The molecule has 1 aliphatic rings. The van der Waals surface area contributed by atoms with Gasteiger partial charge in [-0.15, -0.1) is 11.3 Å². The van der Waals surface area contributed by atoms with Crippen LogP contribution in [0.4, 0.5) is 5.69 Å². The van der Waals surface area contributed by atoms with Crippen molar-refractivity contribution in [3.05, 3.63) is 81.0 Å². The maximum atomic E-state index is 13.0. The molecule has 2 heterocycles. The van der Waals surface area contributed by atoms with E-state index < -0.39 is 0 Å². The Morgan fingerprint density at radius 2 is 1.89 bits per heavy atom. The van der Waals surface area contributed by atoms with E-state index in [4.69, 9.17) is 16.3 Å². The molecule has 5 heteroatoms. The van der Waals surface area contributed by atoms with Crippen LogP contribution in [0.15, 0.2) is 60.0 Å². The molecule has 0 atom stereocenters. The molecule has 0 unspecified atom stereocenters. The van der Waals surface area contributed by atoms with E-state index in [1.165, 1.54) is 4.88 Å². The number of hydrogen-bond donors (Lipinski definition) is 0. The summed E-state index contributed by atoms with van der Waals surface area (Å²) in [5, 5.41) is 2.76. The molecule has 0 spiro atoms. The lowest BCUT2D eigenvalue weighted by Gasteiger charge is -2.21. The molecule has 2 aromatic carbocycles. The molecular formula is C22H20ClNO2S. The highest BCUT2D eigenvalue weighted by molar-refractivity contribution is 7.10. The fraction of sp³-hybridized carbons (Fsp3) is 0.227. The van der Waals surface area contributed by atoms with E-state index in [1.807, 2.05) is 53.4 Å². The number of hydrogen-bond acceptors (Lipinski definition) is 3. The monoisotopic (exact) mass is 397 g/mol. The van der Waals surface area contributed by atoms with Gasteiger partial charge in [-0.25, -0.2) is 0 Å². The summed E-state index contributed by atoms with van der Waals surface area (Å²) in [6, 6.07) is 17.0. The topological polar surface area (TPSA) is 29.5 Å². The first-order valence-electron chi connectivity index (χ1n) is 9.07. The van der Waals surface area contributed by atoms with Gasteiger partial charge >= 0.3 is 0 Å². The summed E-state index contributed by atoms with van der Waals surface area (Å²) in [6.45, 7) is 1.17. The summed E-state index contributed by atoms with van der Waals surface area (Å²) < 4.78 is 5.81. The summed E-state index contributed by atoms with van der Waals surface area (Å²) in [5.74, 6) is 0.771. The van der Waals surface area contributed by atoms with Crippen molar-refractivity contribution in [3.63, 3.8) is 0 Å². The van der Waals surface area contributed by atoms with Crippen LogP contribution in [0, 0.1) is 0 Å². The molecule has 1 aliphatic heterocycles. The largest absolute Gasteiger partial charge is 0.489 e. The minimum Gasteiger partial charge on any atom is -0.489 e. The number of carbonyl (C=O) groups excluding carboxylic acids is 1. The van der Waals surface area contributed by atoms with Crippen molar-refractivity contribution in [3.8, 4) is 5.75 Å². The van der Waals surface area contributed by atoms with Gasteiger partial charge in [0.15, 0.2) is 0 Å². The first-order valence-corrected chi connectivity index (χ1v) is 10.3. The maximum absolute atomic E-state index is 13.0. The first-order chi connectivity index (χ1) is 13.2. The Balaban J connectivity index is 1.46. The van der Waals surface area contributed by atoms with Gasteiger partial charge in [-0.2, -0.15) is 0 Å². The van der Waals surface area contributed by atoms with Crippen LogP contribution >= 0.6 is 22.9 Å². The zero-order valence-corrected chi connectivity index (χ0v) is 16.4. The highest BCUT2D eigenvalue weighted by Gasteiger charge is 2.23. The molecule has 138 valence electrons. The van der Waals surface area contributed by atoms with E-state index in [0.29, 0.717) is 17.2 Å². The summed E-state index contributed by atoms with van der Waals surface area (Å²) in [4.78, 5) is 16.2. The Labute approximate surface area is 168 Å². The van der Waals surface area contributed by atoms with Crippen LogP contribution in [0.2, 0.25) is 5.02 Å². The molecule has 27 heavy (non-hydrogen) atoms. The normalized spacial score (nSPS) is 13.7. The van der Waals surface area contributed by atoms with Crippen molar-refractivity contribution in [1.82, 2.24) is 0 Å². The molecule has 3 nitrogen and oxygen atoms in total. The molecule has 3 aromatic rings. The van der Waals surface area contributed by atoms with Crippen molar-refractivity contribution in [1.29, 1.82) is 0 Å². The number of fused-ring (bicyclic) bond motifs is 1. The average molecular weight is 398 g/mol. The Morgan fingerprint density at radius 1 is 1.07 bits per heavy atom. The van der Waals surface area contributed by atoms with Crippen LogP contribution in [0.5, 0.6) is 5.75 Å². The standard InChI is InChI=1S/C22H20ClNO2S/c23-19-6-2-1-5-17(19)15-26-18-10-8-16(9-11-18)22(25)24-13-4-3-7-21-20(24)12-14-27-21/h1-2,5-6,8-12,14H,3-4,7,13,15H2. The molecule has 0 bridgehead atoms. The van der Waals surface area contributed by atoms with Crippen molar-refractivity contribution in [2.24, 2.45) is 0 Å². The summed E-state index contributed by atoms with van der Waals surface area (Å²) >= 11 is 7.90. The first kappa shape index (κ1) is 18.1. The van der Waals surface area contributed by atoms with E-state index in [2.05, 4.69) is 11.4 Å². The number of aryl methyl sites for hydroxylation is 1. The fourth-order valence-corrected chi connectivity index (χ4v) is 4.39. The minimum absolute atomic E-state index is 0.0502. The van der Waals surface area contributed by atoms with Crippen molar-refractivity contribution < 1.29 is 9.53 Å². The number of anilines is 1. The van der Waals surface area contributed by atoms with E-state index in [1.54, 1.807) is 11.3 Å². The molecule has 0 saturated carbocycles. The SMILES string of the molecule is O=C(c1ccc(OCc2ccccc2Cl)cc1)N1CCCCc2sccc21. The number of thiophene rings is 1. The van der Waals surface area contributed by atoms with Crippen LogP contribution in [-0.2, 0) is 13.0 Å². The van der Waals surface area contributed by atoms with Gasteiger partial charge in [-0.1, -0.05) is 29.8 Å². The number of nitrogens with zero attached hydrogens (tertiary/aromatic N) is 1. The summed E-state index contributed by atoms with van der Waals surface area (Å²) in [5.41, 5.74) is 2.69. The lowest BCUT2D eigenvalue weighted by molar-refractivity contribution is 0.0987. The van der Waals surface area contributed by atoms with Crippen molar-refractivity contribution in [2.75, 3.05) is 11.4 Å².